The van der Waals surface area contributed by atoms with Gasteiger partial charge in [0.15, 0.2) is 0 Å². The minimum absolute atomic E-state index is 0.222. The van der Waals surface area contributed by atoms with Gasteiger partial charge in [0.05, 0.1) is 12.7 Å². The third-order valence-corrected chi connectivity index (χ3v) is 2.72. The van der Waals surface area contributed by atoms with Gasteiger partial charge in [-0.05, 0) is 44.4 Å². The van der Waals surface area contributed by atoms with Gasteiger partial charge in [0.25, 0.3) is 0 Å². The number of halogens is 1. The smallest absolute Gasteiger partial charge is 0.125 e. The monoisotopic (exact) mass is 258 g/mol. The average molecular weight is 259 g/mol. The highest BCUT2D eigenvalue weighted by Gasteiger charge is 2.09. The Labute approximate surface area is 107 Å². The minimum Gasteiger partial charge on any atom is -0.493 e. The molecule has 0 saturated carbocycles. The quantitative estimate of drug-likeness (QED) is 0.740. The fourth-order valence-electron chi connectivity index (χ4n) is 1.55. The largest absolute Gasteiger partial charge is 0.493 e. The minimum atomic E-state index is -0.596. The van der Waals surface area contributed by atoms with E-state index < -0.39 is 6.10 Å². The number of aliphatic hydroxyl groups excluding tert-OH is 2. The Balaban J connectivity index is 2.52. The predicted octanol–water partition coefficient (Wildman–Crippen LogP) is 2.93. The summed E-state index contributed by atoms with van der Waals surface area (Å²) in [4.78, 5) is 0. The summed E-state index contributed by atoms with van der Waals surface area (Å²) in [5.74, 6) is 0.674. The maximum Gasteiger partial charge on any atom is 0.125 e. The van der Waals surface area contributed by atoms with Crippen LogP contribution in [0.5, 0.6) is 5.75 Å². The van der Waals surface area contributed by atoms with E-state index in [-0.39, 0.29) is 6.61 Å². The summed E-state index contributed by atoms with van der Waals surface area (Å²) < 4.78 is 5.60. The van der Waals surface area contributed by atoms with Crippen LogP contribution in [0, 0.1) is 0 Å². The number of benzene rings is 1. The predicted molar refractivity (Wildman–Crippen MR) is 68.5 cm³/mol. The van der Waals surface area contributed by atoms with Crippen LogP contribution in [-0.4, -0.2) is 23.4 Å². The molecule has 1 unspecified atom stereocenters. The third kappa shape index (κ3) is 4.94. The molecular weight excluding hydrogens is 240 g/mol. The highest BCUT2D eigenvalue weighted by molar-refractivity contribution is 6.30. The number of ether oxygens (including phenoxy) is 1. The number of unbranched alkanes of at least 4 members (excludes halogenated alkanes) is 2. The second-order valence-electron chi connectivity index (χ2n) is 3.99. The molecule has 0 radical (unpaired) electrons. The Morgan fingerprint density at radius 1 is 1.29 bits per heavy atom. The van der Waals surface area contributed by atoms with E-state index >= 15 is 0 Å². The van der Waals surface area contributed by atoms with Gasteiger partial charge in [-0.25, -0.2) is 0 Å². The van der Waals surface area contributed by atoms with Crippen LogP contribution in [-0.2, 0) is 0 Å². The van der Waals surface area contributed by atoms with Crippen molar-refractivity contribution in [3.8, 4) is 5.75 Å². The molecule has 0 heterocycles. The first-order chi connectivity index (χ1) is 8.15. The van der Waals surface area contributed by atoms with Gasteiger partial charge >= 0.3 is 0 Å². The van der Waals surface area contributed by atoms with Crippen molar-refractivity contribution in [1.29, 1.82) is 0 Å². The molecule has 1 aromatic rings. The van der Waals surface area contributed by atoms with E-state index in [4.69, 9.17) is 21.4 Å². The number of rotatable bonds is 7. The molecule has 3 nitrogen and oxygen atoms in total. The first-order valence-corrected chi connectivity index (χ1v) is 6.24. The van der Waals surface area contributed by atoms with Gasteiger partial charge in [0.2, 0.25) is 0 Å². The zero-order chi connectivity index (χ0) is 12.7. The SMILES string of the molecule is CC(O)c1cc(Cl)ccc1OCCCCCO. The van der Waals surface area contributed by atoms with Gasteiger partial charge in [0.1, 0.15) is 5.75 Å². The van der Waals surface area contributed by atoms with Crippen molar-refractivity contribution in [3.63, 3.8) is 0 Å². The number of hydrogen-bond acceptors (Lipinski definition) is 3. The van der Waals surface area contributed by atoms with Crippen molar-refractivity contribution in [1.82, 2.24) is 0 Å². The highest BCUT2D eigenvalue weighted by atomic mass is 35.5. The summed E-state index contributed by atoms with van der Waals surface area (Å²) >= 11 is 5.87. The molecule has 0 spiro atoms. The Morgan fingerprint density at radius 2 is 2.06 bits per heavy atom. The molecule has 0 bridgehead atoms. The van der Waals surface area contributed by atoms with Crippen LogP contribution < -0.4 is 4.74 Å². The van der Waals surface area contributed by atoms with Gasteiger partial charge in [-0.15, -0.1) is 0 Å². The second kappa shape index (κ2) is 7.54. The average Bonchev–Trinajstić information content (AvgIpc) is 2.30. The lowest BCUT2D eigenvalue weighted by molar-refractivity contribution is 0.190. The Morgan fingerprint density at radius 3 is 2.71 bits per heavy atom. The molecule has 0 saturated heterocycles. The van der Waals surface area contributed by atoms with Crippen LogP contribution in [0.3, 0.4) is 0 Å². The highest BCUT2D eigenvalue weighted by Crippen LogP contribution is 2.28. The van der Waals surface area contributed by atoms with Crippen LogP contribution >= 0.6 is 11.6 Å². The molecular formula is C13H19ClO3. The van der Waals surface area contributed by atoms with Gasteiger partial charge in [-0.2, -0.15) is 0 Å². The molecule has 17 heavy (non-hydrogen) atoms. The maximum absolute atomic E-state index is 9.60. The Bertz CT molecular complexity index is 339. The fourth-order valence-corrected chi connectivity index (χ4v) is 1.73. The molecule has 1 atom stereocenters. The number of hydrogen-bond donors (Lipinski definition) is 2. The number of aliphatic hydroxyl groups is 2. The van der Waals surface area contributed by atoms with Crippen molar-refractivity contribution in [2.45, 2.75) is 32.3 Å². The summed E-state index contributed by atoms with van der Waals surface area (Å²) in [6.45, 7) is 2.49. The lowest BCUT2D eigenvalue weighted by atomic mass is 10.1. The standard InChI is InChI=1S/C13H19ClO3/c1-10(16)12-9-11(14)5-6-13(12)17-8-4-2-3-7-15/h5-6,9-10,15-16H,2-4,7-8H2,1H3. The van der Waals surface area contributed by atoms with Gasteiger partial charge in [0, 0.05) is 17.2 Å². The summed E-state index contributed by atoms with van der Waals surface area (Å²) in [5.41, 5.74) is 0.708. The fraction of sp³-hybridized carbons (Fsp3) is 0.538. The van der Waals surface area contributed by atoms with E-state index in [0.717, 1.165) is 19.3 Å². The summed E-state index contributed by atoms with van der Waals surface area (Å²) in [5, 5.41) is 18.8. The van der Waals surface area contributed by atoms with E-state index in [1.807, 2.05) is 0 Å². The van der Waals surface area contributed by atoms with E-state index in [2.05, 4.69) is 0 Å². The van der Waals surface area contributed by atoms with Crippen LogP contribution in [0.4, 0.5) is 0 Å². The molecule has 0 aliphatic heterocycles. The first kappa shape index (κ1) is 14.3. The van der Waals surface area contributed by atoms with Crippen LogP contribution in [0.25, 0.3) is 0 Å². The second-order valence-corrected chi connectivity index (χ2v) is 4.43. The molecule has 0 aromatic heterocycles. The molecule has 0 aliphatic rings. The first-order valence-electron chi connectivity index (χ1n) is 5.86. The maximum atomic E-state index is 9.60. The van der Waals surface area contributed by atoms with Crippen LogP contribution in [0.15, 0.2) is 18.2 Å². The summed E-state index contributed by atoms with van der Waals surface area (Å²) in [6.07, 6.45) is 2.03. The van der Waals surface area contributed by atoms with Crippen molar-refractivity contribution < 1.29 is 14.9 Å². The zero-order valence-corrected chi connectivity index (χ0v) is 10.8. The molecule has 1 aromatic carbocycles. The lowest BCUT2D eigenvalue weighted by Gasteiger charge is -2.13. The van der Waals surface area contributed by atoms with Gasteiger partial charge in [-0.3, -0.25) is 0 Å². The van der Waals surface area contributed by atoms with Gasteiger partial charge < -0.3 is 14.9 Å². The third-order valence-electron chi connectivity index (χ3n) is 2.48. The topological polar surface area (TPSA) is 49.7 Å². The molecule has 0 aliphatic carbocycles. The van der Waals surface area contributed by atoms with Crippen LogP contribution in [0.1, 0.15) is 37.9 Å². The van der Waals surface area contributed by atoms with Gasteiger partial charge in [-0.1, -0.05) is 11.6 Å². The van der Waals surface area contributed by atoms with Crippen LogP contribution in [0.2, 0.25) is 5.02 Å². The molecule has 0 amide bonds. The lowest BCUT2D eigenvalue weighted by Crippen LogP contribution is -2.02. The summed E-state index contributed by atoms with van der Waals surface area (Å²) in [7, 11) is 0. The molecule has 96 valence electrons. The van der Waals surface area contributed by atoms with Crippen molar-refractivity contribution in [2.75, 3.05) is 13.2 Å². The Kier molecular flexibility index (Phi) is 6.34. The molecule has 1 rings (SSSR count). The van der Waals surface area contributed by atoms with E-state index in [0.29, 0.717) is 22.9 Å². The van der Waals surface area contributed by atoms with Crippen molar-refractivity contribution in [3.05, 3.63) is 28.8 Å². The Hall–Kier alpha value is -0.770. The summed E-state index contributed by atoms with van der Waals surface area (Å²) in [6, 6.07) is 5.24. The molecule has 0 fully saturated rings. The van der Waals surface area contributed by atoms with Crippen molar-refractivity contribution >= 4 is 11.6 Å². The van der Waals surface area contributed by atoms with E-state index in [1.165, 1.54) is 0 Å². The van der Waals surface area contributed by atoms with E-state index in [9.17, 15) is 5.11 Å². The normalized spacial score (nSPS) is 12.5. The van der Waals surface area contributed by atoms with Crippen molar-refractivity contribution in [2.24, 2.45) is 0 Å². The zero-order valence-electron chi connectivity index (χ0n) is 10.0. The molecule has 4 heteroatoms. The van der Waals surface area contributed by atoms with E-state index in [1.54, 1.807) is 25.1 Å². The molecule has 2 N–H and O–H groups in total.